The van der Waals surface area contributed by atoms with Gasteiger partial charge in [0.15, 0.2) is 0 Å². The van der Waals surface area contributed by atoms with E-state index in [0.717, 1.165) is 5.56 Å². The molecule has 0 saturated carbocycles. The third-order valence-electron chi connectivity index (χ3n) is 4.46. The maximum absolute atomic E-state index is 12.3. The first-order valence-electron chi connectivity index (χ1n) is 9.15. The summed E-state index contributed by atoms with van der Waals surface area (Å²) in [5, 5.41) is 2.73. The highest BCUT2D eigenvalue weighted by Gasteiger charge is 2.20. The zero-order valence-electron chi connectivity index (χ0n) is 16.1. The summed E-state index contributed by atoms with van der Waals surface area (Å²) < 4.78 is 26.7. The first-order chi connectivity index (χ1) is 12.8. The van der Waals surface area contributed by atoms with E-state index in [-0.39, 0.29) is 24.1 Å². The van der Waals surface area contributed by atoms with Gasteiger partial charge in [-0.25, -0.2) is 8.42 Å². The van der Waals surface area contributed by atoms with Gasteiger partial charge in [0.1, 0.15) is 0 Å². The van der Waals surface area contributed by atoms with Gasteiger partial charge in [-0.1, -0.05) is 61.9 Å². The van der Waals surface area contributed by atoms with Crippen LogP contribution in [0.5, 0.6) is 0 Å². The fourth-order valence-corrected chi connectivity index (χ4v) is 3.85. The summed E-state index contributed by atoms with van der Waals surface area (Å²) in [6.45, 7) is 6.29. The van der Waals surface area contributed by atoms with Gasteiger partial charge in [-0.05, 0) is 36.5 Å². The number of rotatable bonds is 9. The molecule has 0 saturated heterocycles. The highest BCUT2D eigenvalue weighted by molar-refractivity contribution is 7.92. The zero-order valence-corrected chi connectivity index (χ0v) is 16.9. The normalized spacial score (nSPS) is 12.6. The molecule has 1 atom stereocenters. The second-order valence-electron chi connectivity index (χ2n) is 7.10. The molecular formula is C21H28N2O3S. The Balaban J connectivity index is 1.86. The predicted molar refractivity (Wildman–Crippen MR) is 110 cm³/mol. The van der Waals surface area contributed by atoms with Crippen molar-refractivity contribution < 1.29 is 13.2 Å². The Kier molecular flexibility index (Phi) is 7.42. The molecule has 0 spiro atoms. The van der Waals surface area contributed by atoms with E-state index in [1.807, 2.05) is 25.1 Å². The third-order valence-corrected chi connectivity index (χ3v) is 5.74. The van der Waals surface area contributed by atoms with Crippen LogP contribution in [-0.4, -0.2) is 26.6 Å². The summed E-state index contributed by atoms with van der Waals surface area (Å²) >= 11 is 0. The van der Waals surface area contributed by atoms with Crippen molar-refractivity contribution >= 4 is 21.6 Å². The Morgan fingerprint density at radius 3 is 2.22 bits per heavy atom. The van der Waals surface area contributed by atoms with E-state index in [9.17, 15) is 13.2 Å². The van der Waals surface area contributed by atoms with Crippen molar-refractivity contribution in [3.8, 4) is 0 Å². The first kappa shape index (κ1) is 21.0. The Morgan fingerprint density at radius 2 is 1.63 bits per heavy atom. The molecule has 0 aromatic heterocycles. The maximum Gasteiger partial charge on any atom is 0.234 e. The van der Waals surface area contributed by atoms with E-state index < -0.39 is 10.0 Å². The first-order valence-corrected chi connectivity index (χ1v) is 10.8. The van der Waals surface area contributed by atoms with Crippen molar-refractivity contribution in [3.05, 3.63) is 65.7 Å². The van der Waals surface area contributed by atoms with E-state index in [4.69, 9.17) is 0 Å². The number of hydrogen-bond donors (Lipinski definition) is 2. The highest BCUT2D eigenvalue weighted by Crippen LogP contribution is 2.28. The molecule has 2 aromatic carbocycles. The third kappa shape index (κ3) is 7.06. The summed E-state index contributed by atoms with van der Waals surface area (Å²) in [4.78, 5) is 12.3. The van der Waals surface area contributed by atoms with Gasteiger partial charge < -0.3 is 5.32 Å². The van der Waals surface area contributed by atoms with E-state index in [1.54, 1.807) is 24.3 Å². The molecule has 5 nitrogen and oxygen atoms in total. The lowest BCUT2D eigenvalue weighted by atomic mass is 9.85. The molecule has 0 aliphatic carbocycles. The average molecular weight is 389 g/mol. The molecular weight excluding hydrogens is 360 g/mol. The van der Waals surface area contributed by atoms with Crippen molar-refractivity contribution in [2.75, 3.05) is 17.0 Å². The number of aryl methyl sites for hydroxylation is 1. The van der Waals surface area contributed by atoms with E-state index >= 15 is 0 Å². The highest BCUT2D eigenvalue weighted by atomic mass is 32.2. The van der Waals surface area contributed by atoms with Crippen LogP contribution in [0.15, 0.2) is 54.6 Å². The maximum atomic E-state index is 12.3. The molecule has 2 aromatic rings. The number of carbonyl (C=O) groups excluding carboxylic acids is 1. The Bertz CT molecular complexity index is 831. The molecule has 2 N–H and O–H groups in total. The molecule has 27 heavy (non-hydrogen) atoms. The monoisotopic (exact) mass is 388 g/mol. The van der Waals surface area contributed by atoms with E-state index in [1.165, 1.54) is 5.56 Å². The SMILES string of the molecule is Cc1ccc(C(CC(=O)NCCS(=O)(=O)Nc2ccccc2)C(C)C)cc1. The molecule has 0 heterocycles. The fourth-order valence-electron chi connectivity index (χ4n) is 2.89. The van der Waals surface area contributed by atoms with Crippen molar-refractivity contribution in [1.82, 2.24) is 5.32 Å². The Morgan fingerprint density at radius 1 is 1.00 bits per heavy atom. The summed E-state index contributed by atoms with van der Waals surface area (Å²) in [7, 11) is -3.50. The zero-order chi connectivity index (χ0) is 19.9. The van der Waals surface area contributed by atoms with Crippen LogP contribution in [0.1, 0.15) is 37.3 Å². The minimum atomic E-state index is -3.50. The standard InChI is InChI=1S/C21H28N2O3S/c1-16(2)20(18-11-9-17(3)10-12-18)15-21(24)22-13-14-27(25,26)23-19-7-5-4-6-8-19/h4-12,16,20,23H,13-15H2,1-3H3,(H,22,24). The molecule has 0 radical (unpaired) electrons. The van der Waals surface area contributed by atoms with Gasteiger partial charge in [-0.3, -0.25) is 9.52 Å². The minimum Gasteiger partial charge on any atom is -0.355 e. The molecule has 2 rings (SSSR count). The topological polar surface area (TPSA) is 75.3 Å². The number of benzene rings is 2. The average Bonchev–Trinajstić information content (AvgIpc) is 2.60. The summed E-state index contributed by atoms with van der Waals surface area (Å²) in [5.41, 5.74) is 2.83. The Labute approximate surface area is 162 Å². The van der Waals surface area contributed by atoms with Crippen LogP contribution in [-0.2, 0) is 14.8 Å². The summed E-state index contributed by atoms with van der Waals surface area (Å²) in [6.07, 6.45) is 0.340. The molecule has 1 unspecified atom stereocenters. The Hall–Kier alpha value is -2.34. The van der Waals surface area contributed by atoms with Gasteiger partial charge in [0.2, 0.25) is 15.9 Å². The number of sulfonamides is 1. The van der Waals surface area contributed by atoms with Gasteiger partial charge in [-0.15, -0.1) is 0 Å². The fraction of sp³-hybridized carbons (Fsp3) is 0.381. The molecule has 0 aliphatic heterocycles. The van der Waals surface area contributed by atoms with Crippen LogP contribution in [0.4, 0.5) is 5.69 Å². The van der Waals surface area contributed by atoms with Crippen molar-refractivity contribution in [3.63, 3.8) is 0 Å². The summed E-state index contributed by atoms with van der Waals surface area (Å²) in [5.74, 6) is 0.112. The molecule has 0 aliphatic rings. The van der Waals surface area contributed by atoms with Crippen LogP contribution >= 0.6 is 0 Å². The largest absolute Gasteiger partial charge is 0.355 e. The lowest BCUT2D eigenvalue weighted by molar-refractivity contribution is -0.121. The van der Waals surface area contributed by atoms with Crippen LogP contribution in [0, 0.1) is 12.8 Å². The second-order valence-corrected chi connectivity index (χ2v) is 8.94. The molecule has 0 fully saturated rings. The van der Waals surface area contributed by atoms with Crippen molar-refractivity contribution in [2.24, 2.45) is 5.92 Å². The lowest BCUT2D eigenvalue weighted by Crippen LogP contribution is -2.32. The minimum absolute atomic E-state index is 0.0830. The van der Waals surface area contributed by atoms with Crippen LogP contribution in [0.2, 0.25) is 0 Å². The summed E-state index contributed by atoms with van der Waals surface area (Å²) in [6, 6.07) is 16.9. The molecule has 146 valence electrons. The smallest absolute Gasteiger partial charge is 0.234 e. The van der Waals surface area contributed by atoms with Crippen LogP contribution < -0.4 is 10.0 Å². The van der Waals surface area contributed by atoms with Gasteiger partial charge >= 0.3 is 0 Å². The molecule has 6 heteroatoms. The van der Waals surface area contributed by atoms with Crippen molar-refractivity contribution in [2.45, 2.75) is 33.1 Å². The van der Waals surface area contributed by atoms with Gasteiger partial charge in [0.25, 0.3) is 0 Å². The van der Waals surface area contributed by atoms with Gasteiger partial charge in [0.05, 0.1) is 5.75 Å². The number of para-hydroxylation sites is 1. The quantitative estimate of drug-likeness (QED) is 0.688. The number of amides is 1. The van der Waals surface area contributed by atoms with Crippen LogP contribution in [0.25, 0.3) is 0 Å². The predicted octanol–water partition coefficient (Wildman–Crippen LogP) is 3.68. The van der Waals surface area contributed by atoms with Gasteiger partial charge in [0, 0.05) is 18.7 Å². The number of nitrogens with one attached hydrogen (secondary N) is 2. The second kappa shape index (κ2) is 9.55. The number of carbonyl (C=O) groups is 1. The van der Waals surface area contributed by atoms with Crippen molar-refractivity contribution in [1.29, 1.82) is 0 Å². The number of anilines is 1. The lowest BCUT2D eigenvalue weighted by Gasteiger charge is -2.21. The molecule has 1 amide bonds. The molecule has 0 bridgehead atoms. The van der Waals surface area contributed by atoms with E-state index in [2.05, 4.69) is 36.0 Å². The van der Waals surface area contributed by atoms with E-state index in [0.29, 0.717) is 18.0 Å². The van der Waals surface area contributed by atoms with Gasteiger partial charge in [-0.2, -0.15) is 0 Å². The van der Waals surface area contributed by atoms with Crippen LogP contribution in [0.3, 0.4) is 0 Å². The number of hydrogen-bond acceptors (Lipinski definition) is 3.